The second kappa shape index (κ2) is 6.13. The van der Waals surface area contributed by atoms with Crippen LogP contribution in [0.2, 0.25) is 0 Å². The number of halogens is 1. The Morgan fingerprint density at radius 1 is 0.667 bits per heavy atom. The van der Waals surface area contributed by atoms with Crippen molar-refractivity contribution in [3.63, 3.8) is 0 Å². The number of hydrogen-bond donors (Lipinski definition) is 0. The fourth-order valence-corrected chi connectivity index (χ4v) is 2.62. The van der Waals surface area contributed by atoms with Crippen LogP contribution in [0.15, 0.2) is 89.5 Å². The van der Waals surface area contributed by atoms with Crippen LogP contribution in [-0.4, -0.2) is 4.98 Å². The van der Waals surface area contributed by atoms with Crippen molar-refractivity contribution in [2.45, 2.75) is 0 Å². The minimum Gasteiger partial charge on any atom is -0.436 e. The summed E-state index contributed by atoms with van der Waals surface area (Å²) in [7, 11) is 0. The topological polar surface area (TPSA) is 26.0 Å². The molecule has 3 heteroatoms. The number of aromatic nitrogens is 1. The van der Waals surface area contributed by atoms with Gasteiger partial charge in [0.1, 0.15) is 5.82 Å². The van der Waals surface area contributed by atoms with E-state index in [4.69, 9.17) is 4.42 Å². The molecule has 1 aromatic heterocycles. The minimum absolute atomic E-state index is 0.306. The van der Waals surface area contributed by atoms with Gasteiger partial charge in [-0.1, -0.05) is 60.7 Å². The molecule has 24 heavy (non-hydrogen) atoms. The van der Waals surface area contributed by atoms with Crippen molar-refractivity contribution < 1.29 is 8.81 Å². The predicted molar refractivity (Wildman–Crippen MR) is 92.8 cm³/mol. The first-order valence-corrected chi connectivity index (χ1v) is 7.67. The van der Waals surface area contributed by atoms with Crippen LogP contribution in [0.4, 0.5) is 4.39 Å². The van der Waals surface area contributed by atoms with E-state index in [0.29, 0.717) is 17.2 Å². The first-order valence-electron chi connectivity index (χ1n) is 7.67. The highest BCUT2D eigenvalue weighted by molar-refractivity contribution is 5.68. The smallest absolute Gasteiger partial charge is 0.226 e. The van der Waals surface area contributed by atoms with Gasteiger partial charge in [0.25, 0.3) is 0 Å². The summed E-state index contributed by atoms with van der Waals surface area (Å²) in [5.74, 6) is 0.768. The summed E-state index contributed by atoms with van der Waals surface area (Å²) in [6.45, 7) is 0. The van der Waals surface area contributed by atoms with E-state index in [9.17, 15) is 4.39 Å². The van der Waals surface area contributed by atoms with Gasteiger partial charge in [-0.05, 0) is 29.3 Å². The normalized spacial score (nSPS) is 10.7. The highest BCUT2D eigenvalue weighted by atomic mass is 19.1. The molecule has 4 rings (SSSR count). The number of hydrogen-bond acceptors (Lipinski definition) is 2. The SMILES string of the molecule is Fc1cccc(-c2ncc(-c3ccc(-c4ccccc4)cc3)o2)c1. The summed E-state index contributed by atoms with van der Waals surface area (Å²) in [5.41, 5.74) is 3.87. The Bertz CT molecular complexity index is 959. The van der Waals surface area contributed by atoms with E-state index in [-0.39, 0.29) is 5.82 Å². The van der Waals surface area contributed by atoms with E-state index in [0.717, 1.165) is 11.1 Å². The van der Waals surface area contributed by atoms with Crippen LogP contribution < -0.4 is 0 Å². The van der Waals surface area contributed by atoms with Crippen LogP contribution in [0.1, 0.15) is 0 Å². The van der Waals surface area contributed by atoms with Gasteiger partial charge in [-0.3, -0.25) is 0 Å². The Kier molecular flexibility index (Phi) is 3.67. The van der Waals surface area contributed by atoms with Crippen LogP contribution in [0.25, 0.3) is 33.9 Å². The average molecular weight is 315 g/mol. The van der Waals surface area contributed by atoms with Gasteiger partial charge in [0, 0.05) is 11.1 Å². The fourth-order valence-electron chi connectivity index (χ4n) is 2.62. The summed E-state index contributed by atoms with van der Waals surface area (Å²) in [6.07, 6.45) is 1.66. The van der Waals surface area contributed by atoms with E-state index in [1.54, 1.807) is 18.3 Å². The molecule has 4 aromatic rings. The summed E-state index contributed by atoms with van der Waals surface area (Å²) in [5, 5.41) is 0. The molecule has 3 aromatic carbocycles. The van der Waals surface area contributed by atoms with E-state index in [1.165, 1.54) is 17.7 Å². The largest absolute Gasteiger partial charge is 0.436 e. The summed E-state index contributed by atoms with van der Waals surface area (Å²) >= 11 is 0. The maximum Gasteiger partial charge on any atom is 0.226 e. The molecule has 1 heterocycles. The molecular formula is C21H14FNO. The van der Waals surface area contributed by atoms with Crippen molar-refractivity contribution in [2.75, 3.05) is 0 Å². The Morgan fingerprint density at radius 2 is 1.33 bits per heavy atom. The first kappa shape index (κ1) is 14.4. The monoisotopic (exact) mass is 315 g/mol. The predicted octanol–water partition coefficient (Wildman–Crippen LogP) is 5.81. The standard InChI is InChI=1S/C21H14FNO/c22-19-8-4-7-18(13-19)21-23-14-20(24-21)17-11-9-16(10-12-17)15-5-2-1-3-6-15/h1-14H. The van der Waals surface area contributed by atoms with E-state index >= 15 is 0 Å². The minimum atomic E-state index is -0.306. The molecule has 116 valence electrons. The van der Waals surface area contributed by atoms with Crippen molar-refractivity contribution in [3.8, 4) is 33.9 Å². The van der Waals surface area contributed by atoms with Crippen molar-refractivity contribution in [3.05, 3.63) is 90.9 Å². The molecule has 0 unspecified atom stereocenters. The number of rotatable bonds is 3. The highest BCUT2D eigenvalue weighted by Gasteiger charge is 2.09. The summed E-state index contributed by atoms with van der Waals surface area (Å²) in [6, 6.07) is 24.5. The molecule has 0 aliphatic rings. The molecule has 0 fully saturated rings. The summed E-state index contributed by atoms with van der Waals surface area (Å²) < 4.78 is 19.1. The van der Waals surface area contributed by atoms with E-state index in [1.807, 2.05) is 30.3 Å². The quantitative estimate of drug-likeness (QED) is 0.476. The molecule has 0 aliphatic carbocycles. The zero-order valence-corrected chi connectivity index (χ0v) is 12.8. The lowest BCUT2D eigenvalue weighted by molar-refractivity contribution is 0.586. The molecule has 0 N–H and O–H groups in total. The Hall–Kier alpha value is -3.20. The lowest BCUT2D eigenvalue weighted by atomic mass is 10.0. The molecule has 0 aliphatic heterocycles. The fraction of sp³-hybridized carbons (Fsp3) is 0. The van der Waals surface area contributed by atoms with Gasteiger partial charge < -0.3 is 4.42 Å². The molecule has 0 atom stereocenters. The van der Waals surface area contributed by atoms with Crippen LogP contribution in [0, 0.1) is 5.82 Å². The summed E-state index contributed by atoms with van der Waals surface area (Å²) in [4.78, 5) is 4.25. The second-order valence-electron chi connectivity index (χ2n) is 5.48. The van der Waals surface area contributed by atoms with Crippen LogP contribution in [-0.2, 0) is 0 Å². The number of nitrogens with zero attached hydrogens (tertiary/aromatic N) is 1. The Balaban J connectivity index is 1.63. The average Bonchev–Trinajstić information content (AvgIpc) is 3.13. The van der Waals surface area contributed by atoms with E-state index < -0.39 is 0 Å². The van der Waals surface area contributed by atoms with Crippen LogP contribution in [0.3, 0.4) is 0 Å². The number of benzene rings is 3. The lowest BCUT2D eigenvalue weighted by Crippen LogP contribution is -1.79. The molecule has 0 amide bonds. The molecule has 0 spiro atoms. The van der Waals surface area contributed by atoms with E-state index in [2.05, 4.69) is 29.2 Å². The Morgan fingerprint density at radius 3 is 2.08 bits per heavy atom. The molecule has 0 bridgehead atoms. The van der Waals surface area contributed by atoms with Crippen molar-refractivity contribution >= 4 is 0 Å². The molecule has 0 saturated carbocycles. The molecular weight excluding hydrogens is 301 g/mol. The third kappa shape index (κ3) is 2.84. The number of oxazole rings is 1. The molecule has 0 radical (unpaired) electrons. The van der Waals surface area contributed by atoms with Gasteiger partial charge in [-0.2, -0.15) is 0 Å². The third-order valence-corrected chi connectivity index (χ3v) is 3.85. The zero-order valence-electron chi connectivity index (χ0n) is 12.8. The Labute approximate surface area is 139 Å². The zero-order chi connectivity index (χ0) is 16.4. The van der Waals surface area contributed by atoms with Crippen LogP contribution in [0.5, 0.6) is 0 Å². The van der Waals surface area contributed by atoms with Gasteiger partial charge in [-0.25, -0.2) is 9.37 Å². The van der Waals surface area contributed by atoms with Gasteiger partial charge in [0.15, 0.2) is 5.76 Å². The lowest BCUT2D eigenvalue weighted by Gasteiger charge is -2.02. The third-order valence-electron chi connectivity index (χ3n) is 3.85. The highest BCUT2D eigenvalue weighted by Crippen LogP contribution is 2.28. The maximum atomic E-state index is 13.3. The second-order valence-corrected chi connectivity index (χ2v) is 5.48. The first-order chi connectivity index (χ1) is 11.8. The van der Waals surface area contributed by atoms with Crippen molar-refractivity contribution in [1.29, 1.82) is 0 Å². The van der Waals surface area contributed by atoms with Gasteiger partial charge in [-0.15, -0.1) is 0 Å². The van der Waals surface area contributed by atoms with Gasteiger partial charge >= 0.3 is 0 Å². The van der Waals surface area contributed by atoms with Crippen molar-refractivity contribution in [1.82, 2.24) is 4.98 Å². The molecule has 2 nitrogen and oxygen atoms in total. The maximum absolute atomic E-state index is 13.3. The van der Waals surface area contributed by atoms with Crippen LogP contribution >= 0.6 is 0 Å². The van der Waals surface area contributed by atoms with Crippen molar-refractivity contribution in [2.24, 2.45) is 0 Å². The molecule has 0 saturated heterocycles. The van der Waals surface area contributed by atoms with Gasteiger partial charge in [0.2, 0.25) is 5.89 Å². The van der Waals surface area contributed by atoms with Gasteiger partial charge in [0.05, 0.1) is 6.20 Å².